The van der Waals surface area contributed by atoms with E-state index < -0.39 is 0 Å². The molecule has 0 aliphatic heterocycles. The molecular formula is C29H44N4S. The maximum Gasteiger partial charge on any atom is 0.0867 e. The van der Waals surface area contributed by atoms with Gasteiger partial charge in [-0.15, -0.1) is 0 Å². The lowest BCUT2D eigenvalue weighted by Crippen LogP contribution is -2.08. The van der Waals surface area contributed by atoms with E-state index in [0.717, 1.165) is 55.7 Å². The van der Waals surface area contributed by atoms with Crippen molar-refractivity contribution in [1.29, 1.82) is 0 Å². The molecule has 186 valence electrons. The molecule has 1 unspecified atom stereocenters. The smallest absolute Gasteiger partial charge is 0.0867 e. The number of hydrogen-bond acceptors (Lipinski definition) is 3. The second-order valence-corrected chi connectivity index (χ2v) is 10.8. The van der Waals surface area contributed by atoms with Crippen LogP contribution in [0.1, 0.15) is 89.6 Å². The van der Waals surface area contributed by atoms with Crippen LogP contribution in [0, 0.1) is 6.92 Å². The van der Waals surface area contributed by atoms with Crippen molar-refractivity contribution in [3.8, 4) is 0 Å². The third-order valence-corrected chi connectivity index (χ3v) is 7.04. The summed E-state index contributed by atoms with van der Waals surface area (Å²) >= 11 is 1.99. The quantitative estimate of drug-likeness (QED) is 0.199. The van der Waals surface area contributed by atoms with Crippen molar-refractivity contribution in [1.82, 2.24) is 20.4 Å². The highest BCUT2D eigenvalue weighted by Gasteiger charge is 2.17. The van der Waals surface area contributed by atoms with Crippen LogP contribution in [0.25, 0.3) is 0 Å². The van der Waals surface area contributed by atoms with Gasteiger partial charge < -0.3 is 4.98 Å². The van der Waals surface area contributed by atoms with Gasteiger partial charge in [0.1, 0.15) is 0 Å². The minimum Gasteiger partial charge on any atom is -0.365 e. The van der Waals surface area contributed by atoms with Crippen LogP contribution in [0.2, 0.25) is 0 Å². The topological polar surface area (TPSA) is 57.4 Å². The first-order chi connectivity index (χ1) is 16.3. The highest BCUT2D eigenvalue weighted by molar-refractivity contribution is 7.99. The summed E-state index contributed by atoms with van der Waals surface area (Å²) in [7, 11) is 0. The van der Waals surface area contributed by atoms with E-state index in [0.29, 0.717) is 5.92 Å². The summed E-state index contributed by atoms with van der Waals surface area (Å²) in [6.07, 6.45) is 20.1. The van der Waals surface area contributed by atoms with Gasteiger partial charge in [-0.05, 0) is 91.7 Å². The zero-order valence-corrected chi connectivity index (χ0v) is 22.9. The summed E-state index contributed by atoms with van der Waals surface area (Å²) in [4.78, 5) is 3.39. The molecule has 0 radical (unpaired) electrons. The molecule has 2 aromatic heterocycles. The second-order valence-electron chi connectivity index (χ2n) is 9.73. The number of aryl methyl sites for hydroxylation is 1. The summed E-state index contributed by atoms with van der Waals surface area (Å²) in [5.74, 6) is 2.41. The van der Waals surface area contributed by atoms with Gasteiger partial charge >= 0.3 is 0 Å². The fourth-order valence-corrected chi connectivity index (χ4v) is 4.87. The SMILES string of the molecule is CC(C)=CCC/C(C)=C/CC/C(=C/CSCC(Cc1[nH]ccc1C)c1cn[nH]n1)CC=C(C)C. The van der Waals surface area contributed by atoms with E-state index in [2.05, 4.69) is 92.3 Å². The van der Waals surface area contributed by atoms with Gasteiger partial charge in [0.05, 0.1) is 11.9 Å². The third kappa shape index (κ3) is 11.2. The van der Waals surface area contributed by atoms with Crippen LogP contribution in [0.4, 0.5) is 0 Å². The van der Waals surface area contributed by atoms with Crippen molar-refractivity contribution in [2.45, 2.75) is 86.0 Å². The van der Waals surface area contributed by atoms with Gasteiger partial charge in [-0.1, -0.05) is 46.6 Å². The summed E-state index contributed by atoms with van der Waals surface area (Å²) in [6, 6.07) is 2.14. The number of nitrogens with one attached hydrogen (secondary N) is 2. The molecule has 4 nitrogen and oxygen atoms in total. The second kappa shape index (κ2) is 15.6. The van der Waals surface area contributed by atoms with Crippen LogP contribution < -0.4 is 0 Å². The molecule has 0 saturated heterocycles. The Balaban J connectivity index is 1.91. The number of allylic oxidation sites excluding steroid dienone is 7. The van der Waals surface area contributed by atoms with Crippen LogP contribution in [0.5, 0.6) is 0 Å². The van der Waals surface area contributed by atoms with Crippen LogP contribution in [-0.4, -0.2) is 31.9 Å². The van der Waals surface area contributed by atoms with Crippen molar-refractivity contribution >= 4 is 11.8 Å². The van der Waals surface area contributed by atoms with Gasteiger partial charge in [0.15, 0.2) is 0 Å². The van der Waals surface area contributed by atoms with E-state index in [1.165, 1.54) is 28.0 Å². The monoisotopic (exact) mass is 480 g/mol. The van der Waals surface area contributed by atoms with E-state index in [-0.39, 0.29) is 0 Å². The van der Waals surface area contributed by atoms with Crippen molar-refractivity contribution in [2.24, 2.45) is 0 Å². The van der Waals surface area contributed by atoms with Crippen LogP contribution in [0.15, 0.2) is 65.1 Å². The number of H-pyrrole nitrogens is 2. The normalized spacial score (nSPS) is 13.1. The van der Waals surface area contributed by atoms with Crippen LogP contribution in [0.3, 0.4) is 0 Å². The maximum atomic E-state index is 4.38. The zero-order valence-electron chi connectivity index (χ0n) is 22.1. The van der Waals surface area contributed by atoms with Gasteiger partial charge in [0.25, 0.3) is 0 Å². The Kier molecular flexibility index (Phi) is 12.8. The van der Waals surface area contributed by atoms with E-state index >= 15 is 0 Å². The lowest BCUT2D eigenvalue weighted by Gasteiger charge is -2.14. The number of thioether (sulfide) groups is 1. The molecule has 34 heavy (non-hydrogen) atoms. The molecule has 0 aliphatic rings. The minimum absolute atomic E-state index is 0.349. The molecule has 0 amide bonds. The minimum atomic E-state index is 0.349. The number of aromatic nitrogens is 4. The molecule has 0 bridgehead atoms. The average Bonchev–Trinajstić information content (AvgIpc) is 3.45. The molecule has 0 aromatic carbocycles. The number of aromatic amines is 2. The van der Waals surface area contributed by atoms with E-state index in [1.54, 1.807) is 5.57 Å². The fourth-order valence-electron chi connectivity index (χ4n) is 3.81. The lowest BCUT2D eigenvalue weighted by atomic mass is 10.0. The Hall–Kier alpha value is -2.27. The first-order valence-corrected chi connectivity index (χ1v) is 13.7. The first-order valence-electron chi connectivity index (χ1n) is 12.5. The Labute approximate surface area is 211 Å². The van der Waals surface area contributed by atoms with Crippen molar-refractivity contribution in [3.05, 3.63) is 82.0 Å². The molecule has 0 aliphatic carbocycles. The molecule has 0 saturated carbocycles. The third-order valence-electron chi connectivity index (χ3n) is 6.00. The number of rotatable bonds is 15. The Morgan fingerprint density at radius 2 is 1.76 bits per heavy atom. The molecule has 0 fully saturated rings. The predicted octanol–water partition coefficient (Wildman–Crippen LogP) is 8.26. The summed E-state index contributed by atoms with van der Waals surface area (Å²) in [5, 5.41) is 11.2. The molecule has 2 rings (SSSR count). The van der Waals surface area contributed by atoms with Gasteiger partial charge in [-0.2, -0.15) is 27.2 Å². The number of nitrogens with zero attached hydrogens (tertiary/aromatic N) is 2. The van der Waals surface area contributed by atoms with Crippen LogP contribution in [-0.2, 0) is 6.42 Å². The number of hydrogen-bond donors (Lipinski definition) is 2. The molecule has 2 aromatic rings. The summed E-state index contributed by atoms with van der Waals surface area (Å²) in [5.41, 5.74) is 9.49. The van der Waals surface area contributed by atoms with E-state index in [1.807, 2.05) is 24.2 Å². The molecule has 5 heteroatoms. The van der Waals surface area contributed by atoms with E-state index in [4.69, 9.17) is 0 Å². The standard InChI is InChI=1S/C29H44N4S/c1-22(2)9-7-10-24(5)11-8-12-26(14-13-23(3)4)16-18-34-21-27(29-20-31-33-32-29)19-28-25(6)15-17-30-28/h9,11,13,15-17,20,27,30H,7-8,10,12,14,18-19,21H2,1-6H3,(H,31,32,33)/b24-11+,26-16-. The Bertz CT molecular complexity index is 952. The average molecular weight is 481 g/mol. The molecule has 2 heterocycles. The summed E-state index contributed by atoms with van der Waals surface area (Å²) < 4.78 is 0. The molecular weight excluding hydrogens is 436 g/mol. The molecule has 1 atom stereocenters. The zero-order chi connectivity index (χ0) is 24.8. The highest BCUT2D eigenvalue weighted by Crippen LogP contribution is 2.25. The van der Waals surface area contributed by atoms with E-state index in [9.17, 15) is 0 Å². The van der Waals surface area contributed by atoms with Gasteiger partial charge in [0, 0.05) is 29.3 Å². The Morgan fingerprint density at radius 3 is 2.41 bits per heavy atom. The highest BCUT2D eigenvalue weighted by atomic mass is 32.2. The van der Waals surface area contributed by atoms with Crippen molar-refractivity contribution in [3.63, 3.8) is 0 Å². The first kappa shape index (κ1) is 28.0. The lowest BCUT2D eigenvalue weighted by molar-refractivity contribution is 0.719. The van der Waals surface area contributed by atoms with Crippen molar-refractivity contribution in [2.75, 3.05) is 11.5 Å². The van der Waals surface area contributed by atoms with Gasteiger partial charge in [0.2, 0.25) is 0 Å². The predicted molar refractivity (Wildman–Crippen MR) is 149 cm³/mol. The van der Waals surface area contributed by atoms with Crippen LogP contribution >= 0.6 is 11.8 Å². The van der Waals surface area contributed by atoms with Crippen molar-refractivity contribution < 1.29 is 0 Å². The largest absolute Gasteiger partial charge is 0.365 e. The maximum absolute atomic E-state index is 4.38. The summed E-state index contributed by atoms with van der Waals surface area (Å²) in [6.45, 7) is 13.1. The fraction of sp³-hybridized carbons (Fsp3) is 0.517. The Morgan fingerprint density at radius 1 is 1.00 bits per heavy atom. The molecule has 0 spiro atoms. The van der Waals surface area contributed by atoms with Gasteiger partial charge in [-0.25, -0.2) is 0 Å². The molecule has 2 N–H and O–H groups in total. The van der Waals surface area contributed by atoms with Gasteiger partial charge in [-0.3, -0.25) is 0 Å².